The Balaban J connectivity index is 1.99. The number of hydrogen-bond acceptors (Lipinski definition) is 5. The summed E-state index contributed by atoms with van der Waals surface area (Å²) in [6, 6.07) is 9.78. The molecule has 0 N–H and O–H groups in total. The smallest absolute Gasteiger partial charge is 0.326 e. The zero-order chi connectivity index (χ0) is 17.8. The zero-order valence-electron chi connectivity index (χ0n) is 14.3. The van der Waals surface area contributed by atoms with Gasteiger partial charge < -0.3 is 4.74 Å². The van der Waals surface area contributed by atoms with Crippen LogP contribution in [0.3, 0.4) is 0 Å². The topological polar surface area (TPSA) is 61.2 Å². The van der Waals surface area contributed by atoms with Gasteiger partial charge in [0.2, 0.25) is 0 Å². The van der Waals surface area contributed by atoms with Gasteiger partial charge in [0.1, 0.15) is 11.4 Å². The second-order valence-corrected chi connectivity index (χ2v) is 7.03. The van der Waals surface area contributed by atoms with Crippen molar-refractivity contribution in [2.45, 2.75) is 33.2 Å². The van der Waals surface area contributed by atoms with E-state index in [9.17, 15) is 9.59 Å². The minimum atomic E-state index is -0.412. The second kappa shape index (κ2) is 7.61. The largest absolute Gasteiger partial charge is 0.464 e. The summed E-state index contributed by atoms with van der Waals surface area (Å²) in [4.78, 5) is 31.0. The molecule has 0 atom stereocenters. The molecule has 2 aromatic heterocycles. The number of rotatable bonds is 6. The standard InChI is InChI=1S/C19H20N2O3S/c1-3-4-10-24-15(22)11-21-12-20-18-17(19(21)23)16(13(2)25-18)14-8-6-5-7-9-14/h5-9,12H,3-4,10-11H2,1-2H3. The van der Waals surface area contributed by atoms with Crippen molar-refractivity contribution in [1.29, 1.82) is 0 Å². The van der Waals surface area contributed by atoms with Crippen LogP contribution in [0.25, 0.3) is 21.3 Å². The first-order valence-corrected chi connectivity index (χ1v) is 9.13. The molecule has 6 heteroatoms. The Bertz CT molecular complexity index is 944. The van der Waals surface area contributed by atoms with Gasteiger partial charge in [-0.1, -0.05) is 43.7 Å². The monoisotopic (exact) mass is 356 g/mol. The number of carbonyl (C=O) groups is 1. The highest BCUT2D eigenvalue weighted by atomic mass is 32.1. The molecular formula is C19H20N2O3S. The summed E-state index contributed by atoms with van der Waals surface area (Å²) in [7, 11) is 0. The summed E-state index contributed by atoms with van der Waals surface area (Å²) in [6.07, 6.45) is 3.20. The van der Waals surface area contributed by atoms with Crippen LogP contribution >= 0.6 is 11.3 Å². The van der Waals surface area contributed by atoms with Crippen molar-refractivity contribution in [3.05, 3.63) is 51.9 Å². The third-order valence-corrected chi connectivity index (χ3v) is 4.99. The molecule has 1 aromatic carbocycles. The van der Waals surface area contributed by atoms with Gasteiger partial charge in [-0.2, -0.15) is 0 Å². The van der Waals surface area contributed by atoms with E-state index in [4.69, 9.17) is 4.74 Å². The number of nitrogens with zero attached hydrogens (tertiary/aromatic N) is 2. The number of esters is 1. The number of aryl methyl sites for hydroxylation is 1. The van der Waals surface area contributed by atoms with E-state index in [1.54, 1.807) is 0 Å². The van der Waals surface area contributed by atoms with Gasteiger partial charge in [0.05, 0.1) is 18.3 Å². The fourth-order valence-corrected chi connectivity index (χ4v) is 3.72. The van der Waals surface area contributed by atoms with Crippen molar-refractivity contribution in [2.24, 2.45) is 0 Å². The minimum absolute atomic E-state index is 0.116. The van der Waals surface area contributed by atoms with Crippen molar-refractivity contribution in [1.82, 2.24) is 9.55 Å². The molecule has 130 valence electrons. The van der Waals surface area contributed by atoms with Gasteiger partial charge in [0, 0.05) is 10.4 Å². The van der Waals surface area contributed by atoms with Gasteiger partial charge in [-0.05, 0) is 18.9 Å². The Labute approximate surface area is 149 Å². The number of fused-ring (bicyclic) bond motifs is 1. The zero-order valence-corrected chi connectivity index (χ0v) is 15.1. The molecule has 0 fully saturated rings. The lowest BCUT2D eigenvalue weighted by atomic mass is 10.0. The number of unbranched alkanes of at least 4 members (excludes halogenated alkanes) is 1. The molecule has 0 aliphatic heterocycles. The summed E-state index contributed by atoms with van der Waals surface area (Å²) in [6.45, 7) is 4.28. The SMILES string of the molecule is CCCCOC(=O)Cn1cnc2sc(C)c(-c3ccccc3)c2c1=O. The number of carbonyl (C=O) groups excluding carboxylic acids is 1. The van der Waals surface area contributed by atoms with E-state index < -0.39 is 5.97 Å². The molecule has 3 aromatic rings. The maximum Gasteiger partial charge on any atom is 0.326 e. The Hall–Kier alpha value is -2.47. The van der Waals surface area contributed by atoms with E-state index in [2.05, 4.69) is 4.98 Å². The first-order valence-electron chi connectivity index (χ1n) is 8.31. The van der Waals surface area contributed by atoms with E-state index in [-0.39, 0.29) is 12.1 Å². The van der Waals surface area contributed by atoms with Gasteiger partial charge in [0.25, 0.3) is 5.56 Å². The summed E-state index contributed by atoms with van der Waals surface area (Å²) in [5.41, 5.74) is 1.67. The van der Waals surface area contributed by atoms with E-state index in [0.29, 0.717) is 16.8 Å². The Morgan fingerprint density at radius 2 is 2.04 bits per heavy atom. The molecule has 0 saturated carbocycles. The molecule has 25 heavy (non-hydrogen) atoms. The summed E-state index contributed by atoms with van der Waals surface area (Å²) in [5.74, 6) is -0.412. The van der Waals surface area contributed by atoms with Gasteiger partial charge >= 0.3 is 5.97 Å². The van der Waals surface area contributed by atoms with Crippen molar-refractivity contribution in [3.63, 3.8) is 0 Å². The average molecular weight is 356 g/mol. The van der Waals surface area contributed by atoms with E-state index in [1.807, 2.05) is 44.2 Å². The van der Waals surface area contributed by atoms with Gasteiger partial charge in [-0.15, -0.1) is 11.3 Å². The number of thiophene rings is 1. The second-order valence-electron chi connectivity index (χ2n) is 5.83. The van der Waals surface area contributed by atoms with Crippen LogP contribution in [0.15, 0.2) is 41.5 Å². The van der Waals surface area contributed by atoms with Crippen molar-refractivity contribution in [3.8, 4) is 11.1 Å². The number of hydrogen-bond donors (Lipinski definition) is 0. The number of ether oxygens (including phenoxy) is 1. The first-order chi connectivity index (χ1) is 12.1. The fourth-order valence-electron chi connectivity index (χ4n) is 2.72. The van der Waals surface area contributed by atoms with Crippen LogP contribution < -0.4 is 5.56 Å². The number of benzene rings is 1. The van der Waals surface area contributed by atoms with Crippen molar-refractivity contribution >= 4 is 27.5 Å². The molecule has 0 spiro atoms. The summed E-state index contributed by atoms with van der Waals surface area (Å²) in [5, 5.41) is 0.567. The molecule has 2 heterocycles. The predicted octanol–water partition coefficient (Wildman–Crippen LogP) is 3.78. The lowest BCUT2D eigenvalue weighted by Gasteiger charge is -2.07. The van der Waals surface area contributed by atoms with E-state index in [1.165, 1.54) is 22.2 Å². The minimum Gasteiger partial charge on any atom is -0.464 e. The van der Waals surface area contributed by atoms with E-state index >= 15 is 0 Å². The van der Waals surface area contributed by atoms with Crippen LogP contribution in [0.4, 0.5) is 0 Å². The third-order valence-electron chi connectivity index (χ3n) is 3.98. The summed E-state index contributed by atoms with van der Waals surface area (Å²) >= 11 is 1.49. The molecule has 0 bridgehead atoms. The predicted molar refractivity (Wildman–Crippen MR) is 99.9 cm³/mol. The van der Waals surface area contributed by atoms with Crippen LogP contribution in [0, 0.1) is 6.92 Å². The molecule has 0 saturated heterocycles. The number of aromatic nitrogens is 2. The molecule has 0 amide bonds. The Morgan fingerprint density at radius 3 is 2.76 bits per heavy atom. The van der Waals surface area contributed by atoms with Gasteiger partial charge in [-0.25, -0.2) is 4.98 Å². The first kappa shape index (κ1) is 17.4. The van der Waals surface area contributed by atoms with Crippen molar-refractivity contribution < 1.29 is 9.53 Å². The third kappa shape index (κ3) is 3.64. The molecular weight excluding hydrogens is 336 g/mol. The Morgan fingerprint density at radius 1 is 1.28 bits per heavy atom. The fraction of sp³-hybridized carbons (Fsp3) is 0.316. The normalized spacial score (nSPS) is 11.0. The highest BCUT2D eigenvalue weighted by Gasteiger charge is 2.17. The quantitative estimate of drug-likeness (QED) is 0.498. The molecule has 0 aliphatic rings. The molecule has 0 aliphatic carbocycles. The van der Waals surface area contributed by atoms with Crippen LogP contribution in [-0.4, -0.2) is 22.1 Å². The van der Waals surface area contributed by atoms with Crippen LogP contribution in [0.5, 0.6) is 0 Å². The lowest BCUT2D eigenvalue weighted by molar-refractivity contribution is -0.144. The lowest BCUT2D eigenvalue weighted by Crippen LogP contribution is -2.25. The van der Waals surface area contributed by atoms with Crippen LogP contribution in [-0.2, 0) is 16.1 Å². The van der Waals surface area contributed by atoms with E-state index in [0.717, 1.165) is 28.8 Å². The molecule has 0 radical (unpaired) electrons. The highest BCUT2D eigenvalue weighted by Crippen LogP contribution is 2.35. The molecule has 5 nitrogen and oxygen atoms in total. The molecule has 0 unspecified atom stereocenters. The summed E-state index contributed by atoms with van der Waals surface area (Å²) < 4.78 is 6.48. The maximum absolute atomic E-state index is 12.9. The van der Waals surface area contributed by atoms with Crippen LogP contribution in [0.2, 0.25) is 0 Å². The van der Waals surface area contributed by atoms with Crippen LogP contribution in [0.1, 0.15) is 24.6 Å². The van der Waals surface area contributed by atoms with Gasteiger partial charge in [0.15, 0.2) is 0 Å². The van der Waals surface area contributed by atoms with Gasteiger partial charge in [-0.3, -0.25) is 14.2 Å². The highest BCUT2D eigenvalue weighted by molar-refractivity contribution is 7.19. The van der Waals surface area contributed by atoms with Crippen molar-refractivity contribution in [2.75, 3.05) is 6.61 Å². The molecule has 3 rings (SSSR count). The Kier molecular flexibility index (Phi) is 5.28. The average Bonchev–Trinajstić information content (AvgIpc) is 2.95. The maximum atomic E-state index is 12.9.